The quantitative estimate of drug-likeness (QED) is 0.769. The van der Waals surface area contributed by atoms with E-state index < -0.39 is 24.3 Å². The van der Waals surface area contributed by atoms with Gasteiger partial charge in [0.1, 0.15) is 0 Å². The van der Waals surface area contributed by atoms with E-state index in [0.717, 1.165) is 25.7 Å². The lowest BCUT2D eigenvalue weighted by Crippen LogP contribution is -2.51. The maximum absolute atomic E-state index is 12.8. The monoisotopic (exact) mass is 255 g/mol. The number of carbonyl (C=O) groups excluding carboxylic acids is 1. The van der Waals surface area contributed by atoms with E-state index in [9.17, 15) is 22.4 Å². The fraction of sp³-hybridized carbons (Fsp3) is 0.909. The van der Waals surface area contributed by atoms with Crippen molar-refractivity contribution in [1.29, 1.82) is 0 Å². The van der Waals surface area contributed by atoms with Gasteiger partial charge in [-0.3, -0.25) is 4.79 Å². The fourth-order valence-electron chi connectivity index (χ4n) is 2.25. The van der Waals surface area contributed by atoms with E-state index in [-0.39, 0.29) is 5.92 Å². The molecular formula is C11H17F4NO. The largest absolute Gasteiger partial charge is 0.383 e. The van der Waals surface area contributed by atoms with Gasteiger partial charge in [-0.1, -0.05) is 26.2 Å². The summed E-state index contributed by atoms with van der Waals surface area (Å²) in [5, 5.41) is 2.07. The minimum absolute atomic E-state index is 0.112. The van der Waals surface area contributed by atoms with Gasteiger partial charge in [0.05, 0.1) is 0 Å². The minimum atomic E-state index is -4.59. The van der Waals surface area contributed by atoms with Gasteiger partial charge in [-0.15, -0.1) is 0 Å². The number of amides is 1. The van der Waals surface area contributed by atoms with E-state index >= 15 is 0 Å². The Balaban J connectivity index is 2.60. The number of hydrogen-bond donors (Lipinski definition) is 1. The Morgan fingerprint density at radius 1 is 1.35 bits per heavy atom. The third-order valence-corrected chi connectivity index (χ3v) is 3.33. The Morgan fingerprint density at radius 3 is 2.47 bits per heavy atom. The average Bonchev–Trinajstić information content (AvgIpc) is 2.29. The molecule has 1 aliphatic carbocycles. The molecule has 2 unspecified atom stereocenters. The predicted octanol–water partition coefficient (Wildman–Crippen LogP) is 2.97. The third-order valence-electron chi connectivity index (χ3n) is 3.33. The predicted molar refractivity (Wildman–Crippen MR) is 55.1 cm³/mol. The van der Waals surface area contributed by atoms with Crippen LogP contribution in [0.2, 0.25) is 0 Å². The van der Waals surface area contributed by atoms with Gasteiger partial charge in [-0.25, -0.2) is 8.78 Å². The zero-order chi connectivity index (χ0) is 13.1. The normalized spacial score (nSPS) is 26.0. The lowest BCUT2D eigenvalue weighted by atomic mass is 9.83. The van der Waals surface area contributed by atoms with Crippen LogP contribution in [0, 0.1) is 5.92 Å². The Bertz CT molecular complexity index is 270. The van der Waals surface area contributed by atoms with E-state index in [1.165, 1.54) is 0 Å². The molecule has 0 aromatic rings. The van der Waals surface area contributed by atoms with Crippen LogP contribution in [-0.2, 0) is 4.79 Å². The van der Waals surface area contributed by atoms with Crippen LogP contribution in [0.25, 0.3) is 0 Å². The van der Waals surface area contributed by atoms with Gasteiger partial charge < -0.3 is 5.32 Å². The summed E-state index contributed by atoms with van der Waals surface area (Å²) >= 11 is 0. The summed E-state index contributed by atoms with van der Waals surface area (Å²) in [5.41, 5.74) is 0. The SMILES string of the molecule is CCC1CCCCC1NC(=O)C(F)(F)C(F)F. The summed E-state index contributed by atoms with van der Waals surface area (Å²) in [6, 6.07) is -0.397. The van der Waals surface area contributed by atoms with E-state index in [1.54, 1.807) is 0 Å². The first kappa shape index (κ1) is 14.3. The van der Waals surface area contributed by atoms with Gasteiger partial charge in [0.15, 0.2) is 0 Å². The highest BCUT2D eigenvalue weighted by Crippen LogP contribution is 2.29. The Hall–Kier alpha value is -0.810. The average molecular weight is 255 g/mol. The molecule has 6 heteroatoms. The molecular weight excluding hydrogens is 238 g/mol. The summed E-state index contributed by atoms with van der Waals surface area (Å²) in [6.07, 6.45) is 0.0695. The van der Waals surface area contributed by atoms with Crippen LogP contribution in [-0.4, -0.2) is 24.3 Å². The van der Waals surface area contributed by atoms with E-state index in [1.807, 2.05) is 6.92 Å². The summed E-state index contributed by atoms with van der Waals surface area (Å²) in [7, 11) is 0. The van der Waals surface area contributed by atoms with Crippen LogP contribution in [0.3, 0.4) is 0 Å². The van der Waals surface area contributed by atoms with Crippen molar-refractivity contribution in [3.8, 4) is 0 Å². The van der Waals surface area contributed by atoms with Gasteiger partial charge in [0.25, 0.3) is 5.91 Å². The maximum atomic E-state index is 12.8. The molecule has 1 amide bonds. The highest BCUT2D eigenvalue weighted by molar-refractivity contribution is 5.84. The molecule has 1 fully saturated rings. The Labute approximate surface area is 97.8 Å². The van der Waals surface area contributed by atoms with Crippen LogP contribution in [0.15, 0.2) is 0 Å². The van der Waals surface area contributed by atoms with Gasteiger partial charge in [0, 0.05) is 6.04 Å². The van der Waals surface area contributed by atoms with Crippen molar-refractivity contribution in [2.45, 2.75) is 57.4 Å². The topological polar surface area (TPSA) is 29.1 Å². The van der Waals surface area contributed by atoms with Crippen molar-refractivity contribution in [1.82, 2.24) is 5.32 Å². The van der Waals surface area contributed by atoms with Crippen molar-refractivity contribution < 1.29 is 22.4 Å². The van der Waals surface area contributed by atoms with Crippen LogP contribution in [0.1, 0.15) is 39.0 Å². The first-order valence-corrected chi connectivity index (χ1v) is 5.86. The van der Waals surface area contributed by atoms with Gasteiger partial charge in [-0.05, 0) is 18.8 Å². The van der Waals surface area contributed by atoms with Crippen LogP contribution in [0.4, 0.5) is 17.6 Å². The number of halogens is 4. The number of alkyl halides is 4. The zero-order valence-electron chi connectivity index (χ0n) is 9.69. The molecule has 0 heterocycles. The number of rotatable bonds is 4. The number of hydrogen-bond acceptors (Lipinski definition) is 1. The smallest absolute Gasteiger partial charge is 0.348 e. The van der Waals surface area contributed by atoms with Gasteiger partial charge in [-0.2, -0.15) is 8.78 Å². The number of carbonyl (C=O) groups is 1. The second-order valence-electron chi connectivity index (χ2n) is 4.46. The van der Waals surface area contributed by atoms with Crippen molar-refractivity contribution >= 4 is 5.91 Å². The second kappa shape index (κ2) is 5.69. The summed E-state index contributed by atoms with van der Waals surface area (Å²) in [4.78, 5) is 11.1. The minimum Gasteiger partial charge on any atom is -0.348 e. The molecule has 0 saturated heterocycles. The molecule has 0 radical (unpaired) electrons. The standard InChI is InChI=1S/C11H17F4NO/c1-2-7-5-3-4-6-8(7)16-10(17)11(14,15)9(12)13/h7-9H,2-6H2,1H3,(H,16,17). The first-order valence-electron chi connectivity index (χ1n) is 5.86. The molecule has 1 N–H and O–H groups in total. The summed E-state index contributed by atoms with van der Waals surface area (Å²) < 4.78 is 49.5. The number of nitrogens with one attached hydrogen (secondary N) is 1. The highest BCUT2D eigenvalue weighted by Gasteiger charge is 2.49. The molecule has 0 aliphatic heterocycles. The van der Waals surface area contributed by atoms with Crippen molar-refractivity contribution in [2.24, 2.45) is 5.92 Å². The van der Waals surface area contributed by atoms with Crippen LogP contribution >= 0.6 is 0 Å². The lowest BCUT2D eigenvalue weighted by molar-refractivity contribution is -0.170. The van der Waals surface area contributed by atoms with E-state index in [0.29, 0.717) is 6.42 Å². The fourth-order valence-corrected chi connectivity index (χ4v) is 2.25. The molecule has 1 saturated carbocycles. The maximum Gasteiger partial charge on any atom is 0.383 e. The van der Waals surface area contributed by atoms with E-state index in [4.69, 9.17) is 0 Å². The summed E-state index contributed by atoms with van der Waals surface area (Å²) in [6.45, 7) is 1.90. The molecule has 0 spiro atoms. The molecule has 1 rings (SSSR count). The van der Waals surface area contributed by atoms with Crippen molar-refractivity contribution in [3.63, 3.8) is 0 Å². The molecule has 17 heavy (non-hydrogen) atoms. The molecule has 2 atom stereocenters. The molecule has 1 aliphatic rings. The highest BCUT2D eigenvalue weighted by atomic mass is 19.3. The van der Waals surface area contributed by atoms with Crippen LogP contribution in [0.5, 0.6) is 0 Å². The van der Waals surface area contributed by atoms with Crippen LogP contribution < -0.4 is 5.32 Å². The van der Waals surface area contributed by atoms with E-state index in [2.05, 4.69) is 5.32 Å². The third kappa shape index (κ3) is 3.33. The Kier molecular flexibility index (Phi) is 4.77. The lowest BCUT2D eigenvalue weighted by Gasteiger charge is -2.32. The molecule has 0 aromatic heterocycles. The molecule has 0 aromatic carbocycles. The second-order valence-corrected chi connectivity index (χ2v) is 4.46. The summed E-state index contributed by atoms with van der Waals surface area (Å²) in [5.74, 6) is -6.32. The van der Waals surface area contributed by atoms with Gasteiger partial charge >= 0.3 is 12.3 Å². The molecule has 0 bridgehead atoms. The molecule has 100 valence electrons. The van der Waals surface area contributed by atoms with Crippen molar-refractivity contribution in [2.75, 3.05) is 0 Å². The van der Waals surface area contributed by atoms with Gasteiger partial charge in [0.2, 0.25) is 0 Å². The first-order chi connectivity index (χ1) is 7.89. The Morgan fingerprint density at radius 2 is 1.94 bits per heavy atom. The molecule has 2 nitrogen and oxygen atoms in total. The zero-order valence-corrected chi connectivity index (χ0v) is 9.69. The van der Waals surface area contributed by atoms with Crippen molar-refractivity contribution in [3.05, 3.63) is 0 Å².